The number of pyridine rings is 1. The highest BCUT2D eigenvalue weighted by Gasteiger charge is 2.62. The van der Waals surface area contributed by atoms with Crippen molar-refractivity contribution in [3.05, 3.63) is 68.7 Å². The van der Waals surface area contributed by atoms with Gasteiger partial charge >= 0.3 is 6.18 Å². The number of hydrogen-bond donors (Lipinski definition) is 4. The summed E-state index contributed by atoms with van der Waals surface area (Å²) in [7, 11) is 0. The van der Waals surface area contributed by atoms with Gasteiger partial charge in [0.2, 0.25) is 5.56 Å². The van der Waals surface area contributed by atoms with E-state index in [1.807, 2.05) is 0 Å². The van der Waals surface area contributed by atoms with E-state index in [2.05, 4.69) is 10.3 Å². The maximum Gasteiger partial charge on any atom is 0.419 e. The van der Waals surface area contributed by atoms with Crippen LogP contribution in [0.4, 0.5) is 23.2 Å². The van der Waals surface area contributed by atoms with Crippen molar-refractivity contribution >= 4 is 28.2 Å². The molecule has 4 rings (SSSR count). The van der Waals surface area contributed by atoms with Gasteiger partial charge in [-0.3, -0.25) is 4.79 Å². The number of H-pyrrole nitrogens is 1. The molecule has 0 bridgehead atoms. The molecule has 0 saturated heterocycles. The number of aromatic amines is 1. The van der Waals surface area contributed by atoms with E-state index in [4.69, 9.17) is 11.6 Å². The molecule has 0 saturated carbocycles. The molecule has 1 aromatic heterocycles. The van der Waals surface area contributed by atoms with Gasteiger partial charge in [-0.2, -0.15) is 13.2 Å². The first-order chi connectivity index (χ1) is 14.4. The van der Waals surface area contributed by atoms with Crippen LogP contribution in [0.15, 0.2) is 41.2 Å². The Morgan fingerprint density at radius 3 is 2.65 bits per heavy atom. The number of anilines is 1. The van der Waals surface area contributed by atoms with Gasteiger partial charge in [0.25, 0.3) is 0 Å². The van der Waals surface area contributed by atoms with Gasteiger partial charge in [-0.05, 0) is 42.2 Å². The number of halogens is 5. The zero-order chi connectivity index (χ0) is 22.7. The van der Waals surface area contributed by atoms with Crippen molar-refractivity contribution in [2.24, 2.45) is 0 Å². The fourth-order valence-corrected chi connectivity index (χ4v) is 4.50. The molecule has 5 nitrogen and oxygen atoms in total. The molecule has 2 aromatic carbocycles. The lowest BCUT2D eigenvalue weighted by molar-refractivity contribution is -0.272. The van der Waals surface area contributed by atoms with E-state index in [1.54, 1.807) is 6.07 Å². The summed E-state index contributed by atoms with van der Waals surface area (Å²) in [4.78, 5) is 14.2. The number of nitrogens with one attached hydrogen (secondary N) is 2. The first-order valence-electron chi connectivity index (χ1n) is 9.32. The lowest BCUT2D eigenvalue weighted by Crippen LogP contribution is -2.55. The molecule has 0 amide bonds. The van der Waals surface area contributed by atoms with E-state index in [-0.39, 0.29) is 22.4 Å². The van der Waals surface area contributed by atoms with Gasteiger partial charge in [-0.15, -0.1) is 0 Å². The van der Waals surface area contributed by atoms with Crippen molar-refractivity contribution in [1.82, 2.24) is 4.98 Å². The van der Waals surface area contributed by atoms with E-state index >= 15 is 0 Å². The molecule has 0 unspecified atom stereocenters. The van der Waals surface area contributed by atoms with Crippen molar-refractivity contribution in [2.45, 2.75) is 37.1 Å². The molecule has 3 aromatic rings. The summed E-state index contributed by atoms with van der Waals surface area (Å²) in [6, 6.07) is 6.42. The maximum atomic E-state index is 14.2. The Morgan fingerprint density at radius 2 is 1.97 bits per heavy atom. The van der Waals surface area contributed by atoms with Gasteiger partial charge in [0.05, 0.1) is 16.6 Å². The predicted octanol–water partition coefficient (Wildman–Crippen LogP) is 4.98. The largest absolute Gasteiger partial charge is 0.505 e. The Balaban J connectivity index is 1.96. The molecule has 3 atom stereocenters. The lowest BCUT2D eigenvalue weighted by Gasteiger charge is -2.45. The van der Waals surface area contributed by atoms with E-state index in [0.29, 0.717) is 10.9 Å². The number of phenolic OH excluding ortho intramolecular Hbond substituents is 1. The molecular weight excluding hydrogens is 440 g/mol. The molecule has 0 radical (unpaired) electrons. The second-order valence-electron chi connectivity index (χ2n) is 7.72. The quantitative estimate of drug-likeness (QED) is 0.410. The number of alkyl halides is 3. The summed E-state index contributed by atoms with van der Waals surface area (Å²) in [5.41, 5.74) is -3.28. The van der Waals surface area contributed by atoms with Gasteiger partial charge in [0, 0.05) is 22.7 Å². The monoisotopic (exact) mass is 456 g/mol. The van der Waals surface area contributed by atoms with Crippen molar-refractivity contribution in [3.8, 4) is 5.75 Å². The number of aromatic nitrogens is 1. The SMILES string of the molecule is C[C@@H]1C[C@@](O)(C(F)(F)F)[C@@H](Nc2cccc3[nH]c(=O)ccc23)c2cc(Cl)c(F)c(O)c21. The normalized spacial score (nSPS) is 23.6. The van der Waals surface area contributed by atoms with Crippen LogP contribution < -0.4 is 10.9 Å². The van der Waals surface area contributed by atoms with Crippen LogP contribution in [0.5, 0.6) is 5.75 Å². The minimum absolute atomic E-state index is 0.0537. The smallest absolute Gasteiger partial charge is 0.419 e. The van der Waals surface area contributed by atoms with Crippen LogP contribution in [0.1, 0.15) is 36.4 Å². The Morgan fingerprint density at radius 1 is 1.26 bits per heavy atom. The first-order valence-corrected chi connectivity index (χ1v) is 9.70. The van der Waals surface area contributed by atoms with Crippen LogP contribution in [0.25, 0.3) is 10.9 Å². The van der Waals surface area contributed by atoms with Crippen molar-refractivity contribution < 1.29 is 27.8 Å². The molecular formula is C21H17ClF4N2O3. The van der Waals surface area contributed by atoms with Crippen LogP contribution >= 0.6 is 11.6 Å². The van der Waals surface area contributed by atoms with Crippen LogP contribution in [0, 0.1) is 5.82 Å². The number of phenols is 1. The zero-order valence-corrected chi connectivity index (χ0v) is 16.8. The Kier molecular flexibility index (Phi) is 4.94. The highest BCUT2D eigenvalue weighted by molar-refractivity contribution is 6.31. The first kappa shape index (κ1) is 21.5. The molecule has 1 aliphatic rings. The molecule has 4 N–H and O–H groups in total. The molecule has 10 heteroatoms. The Hall–Kier alpha value is -2.78. The number of aliphatic hydroxyl groups is 1. The highest BCUT2D eigenvalue weighted by Crippen LogP contribution is 2.55. The molecule has 164 valence electrons. The van der Waals surface area contributed by atoms with Gasteiger partial charge in [-0.1, -0.05) is 24.6 Å². The number of aromatic hydroxyl groups is 1. The van der Waals surface area contributed by atoms with E-state index in [9.17, 15) is 32.6 Å². The minimum Gasteiger partial charge on any atom is -0.505 e. The fraction of sp³-hybridized carbons (Fsp3) is 0.286. The average Bonchev–Trinajstić information content (AvgIpc) is 2.67. The fourth-order valence-electron chi connectivity index (χ4n) is 4.29. The molecule has 0 fully saturated rings. The topological polar surface area (TPSA) is 85.4 Å². The second-order valence-corrected chi connectivity index (χ2v) is 8.13. The number of hydrogen-bond acceptors (Lipinski definition) is 4. The van der Waals surface area contributed by atoms with E-state index in [0.717, 1.165) is 6.07 Å². The Bertz CT molecular complexity index is 1240. The van der Waals surface area contributed by atoms with Crippen LogP contribution in [-0.2, 0) is 0 Å². The molecule has 1 aliphatic carbocycles. The van der Waals surface area contributed by atoms with Crippen molar-refractivity contribution in [2.75, 3.05) is 5.32 Å². The third-order valence-electron chi connectivity index (χ3n) is 5.72. The number of rotatable bonds is 2. The van der Waals surface area contributed by atoms with Gasteiger partial charge in [0.1, 0.15) is 0 Å². The summed E-state index contributed by atoms with van der Waals surface area (Å²) in [5.74, 6) is -2.98. The van der Waals surface area contributed by atoms with E-state index < -0.39 is 46.7 Å². The minimum atomic E-state index is -5.05. The van der Waals surface area contributed by atoms with Gasteiger partial charge < -0.3 is 20.5 Å². The van der Waals surface area contributed by atoms with Crippen molar-refractivity contribution in [1.29, 1.82) is 0 Å². The molecule has 0 spiro atoms. The van der Waals surface area contributed by atoms with Crippen LogP contribution in [0.2, 0.25) is 5.02 Å². The summed E-state index contributed by atoms with van der Waals surface area (Å²) in [6.45, 7) is 1.36. The second kappa shape index (κ2) is 7.13. The third kappa shape index (κ3) is 3.32. The van der Waals surface area contributed by atoms with E-state index in [1.165, 1.54) is 31.2 Å². The molecule has 1 heterocycles. The standard InChI is InChI=1S/C21H17ClF4N2O3/c1-9-8-20(31,21(24,25)26)19(11-7-12(22)17(23)18(30)16(9)11)28-14-4-2-3-13-10(14)5-6-15(29)27-13/h2-7,9,19,28,30-31H,8H2,1H3,(H,27,29)/t9-,19+,20+/m1/s1. The van der Waals surface area contributed by atoms with Gasteiger partial charge in [0.15, 0.2) is 17.2 Å². The number of benzene rings is 2. The lowest BCUT2D eigenvalue weighted by atomic mass is 9.70. The predicted molar refractivity (Wildman–Crippen MR) is 108 cm³/mol. The zero-order valence-electron chi connectivity index (χ0n) is 16.0. The Labute approximate surface area is 178 Å². The molecule has 31 heavy (non-hydrogen) atoms. The average molecular weight is 457 g/mol. The summed E-state index contributed by atoms with van der Waals surface area (Å²) in [5, 5.41) is 23.7. The maximum absolute atomic E-state index is 14.2. The van der Waals surface area contributed by atoms with Crippen LogP contribution in [0.3, 0.4) is 0 Å². The summed E-state index contributed by atoms with van der Waals surface area (Å²) in [6.07, 6.45) is -5.86. The molecule has 0 aliphatic heterocycles. The summed E-state index contributed by atoms with van der Waals surface area (Å²) < 4.78 is 56.5. The summed E-state index contributed by atoms with van der Waals surface area (Å²) >= 11 is 5.82. The number of fused-ring (bicyclic) bond motifs is 2. The van der Waals surface area contributed by atoms with Gasteiger partial charge in [-0.25, -0.2) is 4.39 Å². The van der Waals surface area contributed by atoms with Crippen molar-refractivity contribution in [3.63, 3.8) is 0 Å². The third-order valence-corrected chi connectivity index (χ3v) is 6.00. The van der Waals surface area contributed by atoms with Crippen LogP contribution in [-0.4, -0.2) is 27.0 Å². The highest BCUT2D eigenvalue weighted by atomic mass is 35.5.